The Labute approximate surface area is 161 Å². The van der Waals surface area contributed by atoms with Crippen LogP contribution in [0.15, 0.2) is 29.0 Å². The number of likely N-dealkylation sites (tertiary alicyclic amines) is 1. The van der Waals surface area contributed by atoms with Gasteiger partial charge in [0, 0.05) is 16.9 Å². The zero-order valence-corrected chi connectivity index (χ0v) is 16.3. The molecule has 6 heteroatoms. The summed E-state index contributed by atoms with van der Waals surface area (Å²) in [5.41, 5.74) is 1.38. The molecule has 2 aromatic rings. The molecule has 2 fully saturated rings. The van der Waals surface area contributed by atoms with Crippen LogP contribution < -0.4 is 4.90 Å². The molecule has 1 saturated heterocycles. The van der Waals surface area contributed by atoms with Gasteiger partial charge in [-0.1, -0.05) is 18.9 Å². The number of thiophene rings is 2. The molecule has 4 heterocycles. The Kier molecular flexibility index (Phi) is 4.22. The molecule has 136 valence electrons. The van der Waals surface area contributed by atoms with Crippen molar-refractivity contribution in [1.82, 2.24) is 4.90 Å². The van der Waals surface area contributed by atoms with Crippen molar-refractivity contribution in [1.29, 1.82) is 0 Å². The van der Waals surface area contributed by atoms with Crippen LogP contribution in [0.2, 0.25) is 0 Å². The number of nitrogens with zero attached hydrogens (tertiary/aromatic N) is 1. The maximum atomic E-state index is 12.9. The lowest BCUT2D eigenvalue weighted by Gasteiger charge is -2.34. The van der Waals surface area contributed by atoms with Gasteiger partial charge in [0.05, 0.1) is 23.3 Å². The average molecular weight is 388 g/mol. The molecule has 1 saturated carbocycles. The van der Waals surface area contributed by atoms with Crippen LogP contribution in [0.4, 0.5) is 0 Å². The van der Waals surface area contributed by atoms with Gasteiger partial charge < -0.3 is 4.90 Å². The summed E-state index contributed by atoms with van der Waals surface area (Å²) >= 11 is 3.61. The summed E-state index contributed by atoms with van der Waals surface area (Å²) in [6.07, 6.45) is 4.99. The molecule has 2 amide bonds. The third-order valence-corrected chi connectivity index (χ3v) is 8.23. The summed E-state index contributed by atoms with van der Waals surface area (Å²) in [5.74, 6) is 0.0937. The van der Waals surface area contributed by atoms with Gasteiger partial charge in [-0.25, -0.2) is 4.90 Å². The first-order valence-electron chi connectivity index (χ1n) is 9.53. The van der Waals surface area contributed by atoms with E-state index in [0.717, 1.165) is 38.6 Å². The maximum Gasteiger partial charge on any atom is 0.237 e. The second-order valence-electron chi connectivity index (χ2n) is 7.67. The fraction of sp³-hybridized carbons (Fsp3) is 0.500. The largest absolute Gasteiger partial charge is 0.306 e. The lowest BCUT2D eigenvalue weighted by molar-refractivity contribution is -0.934. The van der Waals surface area contributed by atoms with Gasteiger partial charge in [0.1, 0.15) is 0 Å². The number of rotatable bonds is 3. The van der Waals surface area contributed by atoms with Crippen molar-refractivity contribution in [2.75, 3.05) is 13.2 Å². The summed E-state index contributed by atoms with van der Waals surface area (Å²) < 4.78 is 0. The lowest BCUT2D eigenvalue weighted by atomic mass is 9.81. The van der Waals surface area contributed by atoms with Gasteiger partial charge in [-0.3, -0.25) is 9.59 Å². The minimum absolute atomic E-state index is 0.0441. The number of imide groups is 1. The lowest BCUT2D eigenvalue weighted by Crippen LogP contribution is -3.15. The highest BCUT2D eigenvalue weighted by atomic mass is 32.1. The Morgan fingerprint density at radius 3 is 2.50 bits per heavy atom. The zero-order chi connectivity index (χ0) is 17.7. The number of hydrogen-bond acceptors (Lipinski definition) is 4. The van der Waals surface area contributed by atoms with Crippen LogP contribution in [0.1, 0.15) is 47.0 Å². The molecule has 26 heavy (non-hydrogen) atoms. The first-order chi connectivity index (χ1) is 12.7. The molecule has 1 unspecified atom stereocenters. The molecule has 2 aliphatic heterocycles. The molecule has 0 radical (unpaired) electrons. The fourth-order valence-electron chi connectivity index (χ4n) is 5.02. The highest BCUT2D eigenvalue weighted by molar-refractivity contribution is 7.10. The topological polar surface area (TPSA) is 41.8 Å². The molecule has 4 nitrogen and oxygen atoms in total. The van der Waals surface area contributed by atoms with Crippen molar-refractivity contribution < 1.29 is 14.5 Å². The number of amides is 2. The first-order valence-corrected chi connectivity index (χ1v) is 11.3. The highest BCUT2D eigenvalue weighted by Gasteiger charge is 2.50. The third-order valence-electron chi connectivity index (χ3n) is 6.29. The molecule has 5 rings (SSSR count). The summed E-state index contributed by atoms with van der Waals surface area (Å²) in [6, 6.07) is 6.76. The Morgan fingerprint density at radius 1 is 1.04 bits per heavy atom. The standard InChI is InChI=1S/C20H22N2O2S2/c23-19-13-4-1-2-5-14(13)20(24)22(19)12-21-9-7-16-15(8-11-26-16)18(21)17-6-3-10-25-17/h3,6,8,10-11,13-14,18H,1-2,4-5,7,9,12H2/p+1/t13-,14+,18-/m1/s1. The molecule has 1 N–H and O–H groups in total. The van der Waals surface area contributed by atoms with Crippen molar-refractivity contribution in [3.8, 4) is 0 Å². The SMILES string of the molecule is O=C1[C@H]2CCCC[C@H]2C(=O)N1C[NH+]1CCc2sccc2[C@@H]1c1cccs1. The van der Waals surface area contributed by atoms with Crippen LogP contribution in [0, 0.1) is 11.8 Å². The molecule has 4 atom stereocenters. The summed E-state index contributed by atoms with van der Waals surface area (Å²) in [7, 11) is 0. The van der Waals surface area contributed by atoms with E-state index in [-0.39, 0.29) is 29.7 Å². The highest BCUT2D eigenvalue weighted by Crippen LogP contribution is 2.38. The summed E-state index contributed by atoms with van der Waals surface area (Å²) in [6.45, 7) is 1.49. The summed E-state index contributed by atoms with van der Waals surface area (Å²) in [5, 5.41) is 4.29. The molecule has 2 aromatic heterocycles. The fourth-order valence-corrected chi connectivity index (χ4v) is 6.84. The van der Waals surface area contributed by atoms with Crippen LogP contribution in [-0.4, -0.2) is 29.9 Å². The van der Waals surface area contributed by atoms with Crippen LogP contribution in [0.3, 0.4) is 0 Å². The van der Waals surface area contributed by atoms with Crippen molar-refractivity contribution in [2.24, 2.45) is 11.8 Å². The molecular formula is C20H23N2O2S2+. The van der Waals surface area contributed by atoms with Gasteiger partial charge in [-0.05, 0) is 35.7 Å². The average Bonchev–Trinajstić information content (AvgIpc) is 3.39. The predicted molar refractivity (Wildman–Crippen MR) is 102 cm³/mol. The van der Waals surface area contributed by atoms with Gasteiger partial charge in [0.2, 0.25) is 11.8 Å². The zero-order valence-electron chi connectivity index (χ0n) is 14.6. The van der Waals surface area contributed by atoms with Crippen LogP contribution >= 0.6 is 22.7 Å². The van der Waals surface area contributed by atoms with E-state index in [1.807, 2.05) is 11.3 Å². The molecule has 0 spiro atoms. The maximum absolute atomic E-state index is 12.9. The second kappa shape index (κ2) is 6.59. The Bertz CT molecular complexity index is 805. The third kappa shape index (κ3) is 2.58. The number of quaternary nitrogens is 1. The normalized spacial score (nSPS) is 31.2. The quantitative estimate of drug-likeness (QED) is 0.822. The van der Waals surface area contributed by atoms with E-state index in [9.17, 15) is 9.59 Å². The van der Waals surface area contributed by atoms with Gasteiger partial charge in [0.25, 0.3) is 0 Å². The molecular weight excluding hydrogens is 364 g/mol. The minimum Gasteiger partial charge on any atom is -0.306 e. The van der Waals surface area contributed by atoms with Crippen molar-refractivity contribution in [3.05, 3.63) is 44.3 Å². The van der Waals surface area contributed by atoms with E-state index in [0.29, 0.717) is 6.67 Å². The smallest absolute Gasteiger partial charge is 0.237 e. The van der Waals surface area contributed by atoms with Crippen molar-refractivity contribution >= 4 is 34.5 Å². The van der Waals surface area contributed by atoms with Gasteiger partial charge in [-0.2, -0.15) is 0 Å². The van der Waals surface area contributed by atoms with E-state index in [1.165, 1.54) is 20.2 Å². The Hall–Kier alpha value is -1.50. The van der Waals surface area contributed by atoms with E-state index < -0.39 is 0 Å². The molecule has 3 aliphatic rings. The number of fused-ring (bicyclic) bond motifs is 2. The van der Waals surface area contributed by atoms with E-state index in [4.69, 9.17) is 0 Å². The predicted octanol–water partition coefficient (Wildman–Crippen LogP) is 2.47. The summed E-state index contributed by atoms with van der Waals surface area (Å²) in [4.78, 5) is 31.5. The van der Waals surface area contributed by atoms with E-state index >= 15 is 0 Å². The van der Waals surface area contributed by atoms with Crippen LogP contribution in [0.5, 0.6) is 0 Å². The monoisotopic (exact) mass is 387 g/mol. The van der Waals surface area contributed by atoms with Gasteiger partial charge in [0.15, 0.2) is 12.7 Å². The first kappa shape index (κ1) is 16.7. The van der Waals surface area contributed by atoms with Crippen molar-refractivity contribution in [3.63, 3.8) is 0 Å². The number of carbonyl (C=O) groups excluding carboxylic acids is 2. The molecule has 1 aliphatic carbocycles. The molecule has 0 bridgehead atoms. The van der Waals surface area contributed by atoms with E-state index in [2.05, 4.69) is 29.0 Å². The van der Waals surface area contributed by atoms with Gasteiger partial charge in [-0.15, -0.1) is 22.7 Å². The van der Waals surface area contributed by atoms with Crippen molar-refractivity contribution in [2.45, 2.75) is 38.1 Å². The van der Waals surface area contributed by atoms with Gasteiger partial charge >= 0.3 is 0 Å². The van der Waals surface area contributed by atoms with E-state index in [1.54, 1.807) is 16.2 Å². The molecule has 0 aromatic carbocycles. The van der Waals surface area contributed by atoms with Crippen LogP contribution in [0.25, 0.3) is 0 Å². The Balaban J connectivity index is 1.44. The van der Waals surface area contributed by atoms with Crippen LogP contribution in [-0.2, 0) is 16.0 Å². The Morgan fingerprint density at radius 2 is 1.81 bits per heavy atom. The minimum atomic E-state index is -0.0441. The second-order valence-corrected chi connectivity index (χ2v) is 9.65. The number of carbonyl (C=O) groups is 2. The number of hydrogen-bond donors (Lipinski definition) is 1. The number of nitrogens with one attached hydrogen (secondary N) is 1.